The van der Waals surface area contributed by atoms with Crippen LogP contribution in [0.5, 0.6) is 0 Å². The molecule has 1 fully saturated rings. The van der Waals surface area contributed by atoms with Crippen LogP contribution in [0.3, 0.4) is 0 Å². The zero-order valence-corrected chi connectivity index (χ0v) is 15.4. The molecule has 2 aromatic rings. The maximum absolute atomic E-state index is 9.46. The van der Waals surface area contributed by atoms with Gasteiger partial charge < -0.3 is 5.11 Å². The summed E-state index contributed by atoms with van der Waals surface area (Å²) in [6.07, 6.45) is 5.04. The zero-order valence-electron chi connectivity index (χ0n) is 15.4. The van der Waals surface area contributed by atoms with E-state index in [4.69, 9.17) is 0 Å². The van der Waals surface area contributed by atoms with Crippen LogP contribution in [0.2, 0.25) is 0 Å². The van der Waals surface area contributed by atoms with Gasteiger partial charge in [0.2, 0.25) is 0 Å². The molecule has 0 saturated carbocycles. The number of aromatic nitrogens is 1. The minimum atomic E-state index is 0.252. The van der Waals surface area contributed by atoms with Gasteiger partial charge >= 0.3 is 0 Å². The van der Waals surface area contributed by atoms with Crippen molar-refractivity contribution in [3.8, 4) is 0 Å². The highest BCUT2D eigenvalue weighted by Crippen LogP contribution is 2.20. The largest absolute Gasteiger partial charge is 0.396 e. The SMILES string of the molecule is CC(C)=CCN1CCN(Cc2ccnc3ccccc23)CC1CCO. The predicted molar refractivity (Wildman–Crippen MR) is 104 cm³/mol. The Balaban J connectivity index is 1.70. The van der Waals surface area contributed by atoms with Crippen LogP contribution in [0.4, 0.5) is 0 Å². The van der Waals surface area contributed by atoms with Crippen molar-refractivity contribution in [3.05, 3.63) is 53.7 Å². The molecule has 1 aliphatic rings. The van der Waals surface area contributed by atoms with E-state index in [2.05, 4.69) is 59.0 Å². The predicted octanol–water partition coefficient (Wildman–Crippen LogP) is 3.07. The van der Waals surface area contributed by atoms with Gasteiger partial charge in [-0.1, -0.05) is 29.8 Å². The highest BCUT2D eigenvalue weighted by molar-refractivity contribution is 5.81. The van der Waals surface area contributed by atoms with Gasteiger partial charge in [-0.15, -0.1) is 0 Å². The first kappa shape index (κ1) is 18.1. The summed E-state index contributed by atoms with van der Waals surface area (Å²) in [6, 6.07) is 10.9. The molecule has 0 radical (unpaired) electrons. The van der Waals surface area contributed by atoms with Gasteiger partial charge in [0.05, 0.1) is 5.52 Å². The van der Waals surface area contributed by atoms with E-state index >= 15 is 0 Å². The topological polar surface area (TPSA) is 39.6 Å². The van der Waals surface area contributed by atoms with Gasteiger partial charge in [-0.2, -0.15) is 0 Å². The normalized spacial score (nSPS) is 19.2. The molecule has 134 valence electrons. The van der Waals surface area contributed by atoms with Crippen LogP contribution >= 0.6 is 0 Å². The molecular weight excluding hydrogens is 310 g/mol. The number of nitrogens with zero attached hydrogens (tertiary/aromatic N) is 3. The Labute approximate surface area is 150 Å². The van der Waals surface area contributed by atoms with Crippen LogP contribution in [-0.2, 0) is 6.54 Å². The monoisotopic (exact) mass is 339 g/mol. The maximum Gasteiger partial charge on any atom is 0.0705 e. The first-order chi connectivity index (χ1) is 12.2. The van der Waals surface area contributed by atoms with Gasteiger partial charge in [0.25, 0.3) is 0 Å². The van der Waals surface area contributed by atoms with E-state index in [1.54, 1.807) is 0 Å². The number of aliphatic hydroxyl groups is 1. The van der Waals surface area contributed by atoms with Crippen LogP contribution in [0.15, 0.2) is 48.2 Å². The van der Waals surface area contributed by atoms with Gasteiger partial charge in [-0.25, -0.2) is 0 Å². The summed E-state index contributed by atoms with van der Waals surface area (Å²) in [5.41, 5.74) is 3.76. The Kier molecular flexibility index (Phi) is 6.19. The quantitative estimate of drug-likeness (QED) is 0.821. The van der Waals surface area contributed by atoms with E-state index < -0.39 is 0 Å². The number of hydrogen-bond donors (Lipinski definition) is 1. The molecule has 1 atom stereocenters. The summed E-state index contributed by atoms with van der Waals surface area (Å²) >= 11 is 0. The van der Waals surface area contributed by atoms with Gasteiger partial charge in [0.1, 0.15) is 0 Å². The van der Waals surface area contributed by atoms with Crippen LogP contribution in [0.1, 0.15) is 25.8 Å². The average molecular weight is 339 g/mol. The number of pyridine rings is 1. The second-order valence-corrected chi connectivity index (χ2v) is 7.16. The molecule has 25 heavy (non-hydrogen) atoms. The average Bonchev–Trinajstić information content (AvgIpc) is 2.61. The third kappa shape index (κ3) is 4.66. The lowest BCUT2D eigenvalue weighted by Crippen LogP contribution is -2.53. The van der Waals surface area contributed by atoms with Crippen LogP contribution in [0.25, 0.3) is 10.9 Å². The van der Waals surface area contributed by atoms with Crippen molar-refractivity contribution in [1.82, 2.24) is 14.8 Å². The summed E-state index contributed by atoms with van der Waals surface area (Å²) < 4.78 is 0. The fraction of sp³-hybridized carbons (Fsp3) is 0.476. The number of piperazine rings is 1. The standard InChI is InChI=1S/C21H29N3O/c1-17(2)8-11-24-13-12-23(16-19(24)9-14-25)15-18-7-10-22-21-6-4-3-5-20(18)21/h3-8,10,19,25H,9,11-16H2,1-2H3. The van der Waals surface area contributed by atoms with Gasteiger partial charge in [0, 0.05) is 57.0 Å². The van der Waals surface area contributed by atoms with E-state index in [9.17, 15) is 5.11 Å². The van der Waals surface area contributed by atoms with Crippen LogP contribution < -0.4 is 0 Å². The minimum Gasteiger partial charge on any atom is -0.396 e. The van der Waals surface area contributed by atoms with Crippen molar-refractivity contribution in [2.45, 2.75) is 32.9 Å². The van der Waals surface area contributed by atoms with Crippen molar-refractivity contribution in [1.29, 1.82) is 0 Å². The molecule has 0 spiro atoms. The van der Waals surface area contributed by atoms with Gasteiger partial charge in [0.15, 0.2) is 0 Å². The Hall–Kier alpha value is -1.75. The number of benzene rings is 1. The molecule has 1 aromatic carbocycles. The lowest BCUT2D eigenvalue weighted by molar-refractivity contribution is 0.0639. The first-order valence-electron chi connectivity index (χ1n) is 9.20. The van der Waals surface area contributed by atoms with Crippen molar-refractivity contribution in [2.24, 2.45) is 0 Å². The molecule has 3 rings (SSSR count). The number of rotatable bonds is 6. The second-order valence-electron chi connectivity index (χ2n) is 7.16. The summed E-state index contributed by atoms with van der Waals surface area (Å²) in [5.74, 6) is 0. The molecule has 0 bridgehead atoms. The molecule has 1 unspecified atom stereocenters. The molecule has 1 aromatic heterocycles. The second kappa shape index (κ2) is 8.56. The van der Waals surface area contributed by atoms with Crippen molar-refractivity contribution in [3.63, 3.8) is 0 Å². The highest BCUT2D eigenvalue weighted by atomic mass is 16.3. The third-order valence-electron chi connectivity index (χ3n) is 5.02. The molecule has 0 amide bonds. The molecular formula is C21H29N3O. The number of aliphatic hydroxyl groups excluding tert-OH is 1. The van der Waals surface area contributed by atoms with Crippen molar-refractivity contribution >= 4 is 10.9 Å². The van der Waals surface area contributed by atoms with E-state index in [1.165, 1.54) is 16.5 Å². The molecule has 0 aliphatic carbocycles. The molecule has 1 aliphatic heterocycles. The fourth-order valence-corrected chi connectivity index (χ4v) is 3.60. The maximum atomic E-state index is 9.46. The summed E-state index contributed by atoms with van der Waals surface area (Å²) in [4.78, 5) is 9.49. The van der Waals surface area contributed by atoms with Crippen molar-refractivity contribution < 1.29 is 5.11 Å². The molecule has 1 saturated heterocycles. The zero-order chi connectivity index (χ0) is 17.6. The van der Waals surface area contributed by atoms with Gasteiger partial charge in [-0.05, 0) is 38.0 Å². The Morgan fingerprint density at radius 3 is 2.88 bits per heavy atom. The molecule has 1 N–H and O–H groups in total. The summed E-state index contributed by atoms with van der Waals surface area (Å²) in [6.45, 7) is 9.60. The summed E-state index contributed by atoms with van der Waals surface area (Å²) in [5, 5.41) is 10.7. The van der Waals surface area contributed by atoms with Crippen LogP contribution in [0, 0.1) is 0 Å². The third-order valence-corrected chi connectivity index (χ3v) is 5.02. The Morgan fingerprint density at radius 1 is 1.24 bits per heavy atom. The van der Waals surface area contributed by atoms with E-state index in [0.717, 1.165) is 44.7 Å². The van der Waals surface area contributed by atoms with E-state index in [1.807, 2.05) is 12.3 Å². The number of hydrogen-bond acceptors (Lipinski definition) is 4. The number of allylic oxidation sites excluding steroid dienone is 1. The molecule has 4 nitrogen and oxygen atoms in total. The molecule has 2 heterocycles. The summed E-state index contributed by atoms with van der Waals surface area (Å²) in [7, 11) is 0. The minimum absolute atomic E-state index is 0.252. The lowest BCUT2D eigenvalue weighted by atomic mass is 10.1. The Morgan fingerprint density at radius 2 is 2.08 bits per heavy atom. The van der Waals surface area contributed by atoms with E-state index in [-0.39, 0.29) is 6.61 Å². The molecule has 4 heteroatoms. The fourth-order valence-electron chi connectivity index (χ4n) is 3.60. The highest BCUT2D eigenvalue weighted by Gasteiger charge is 2.26. The first-order valence-corrected chi connectivity index (χ1v) is 9.20. The Bertz CT molecular complexity index is 719. The van der Waals surface area contributed by atoms with Crippen LogP contribution in [-0.4, -0.2) is 58.7 Å². The number of para-hydroxylation sites is 1. The van der Waals surface area contributed by atoms with Gasteiger partial charge in [-0.3, -0.25) is 14.8 Å². The smallest absolute Gasteiger partial charge is 0.0705 e. The van der Waals surface area contributed by atoms with Crippen molar-refractivity contribution in [2.75, 3.05) is 32.8 Å². The van der Waals surface area contributed by atoms with E-state index in [0.29, 0.717) is 6.04 Å². The number of fused-ring (bicyclic) bond motifs is 1. The lowest BCUT2D eigenvalue weighted by Gasteiger charge is -2.41.